The minimum atomic E-state index is 0.255. The van der Waals surface area contributed by atoms with E-state index in [1.165, 1.54) is 0 Å². The molecule has 0 bridgehead atoms. The van der Waals surface area contributed by atoms with Gasteiger partial charge in [-0.15, -0.1) is 0 Å². The molecule has 0 aromatic heterocycles. The Morgan fingerprint density at radius 3 is 3.00 bits per heavy atom. The van der Waals surface area contributed by atoms with Crippen LogP contribution in [0.15, 0.2) is 42.5 Å². The van der Waals surface area contributed by atoms with Crippen molar-refractivity contribution in [3.05, 3.63) is 59.2 Å². The molecule has 0 fully saturated rings. The van der Waals surface area contributed by atoms with Crippen molar-refractivity contribution in [1.82, 2.24) is 5.32 Å². The number of ether oxygens (including phenoxy) is 2. The summed E-state index contributed by atoms with van der Waals surface area (Å²) in [5, 5.41) is 12.4. The lowest BCUT2D eigenvalue weighted by atomic mass is 10.0. The third kappa shape index (κ3) is 3.05. The number of nitrogens with zero attached hydrogens (tertiary/aromatic N) is 1. The van der Waals surface area contributed by atoms with Gasteiger partial charge in [0.25, 0.3) is 0 Å². The smallest absolute Gasteiger partial charge is 0.164 e. The summed E-state index contributed by atoms with van der Waals surface area (Å²) in [5.41, 5.74) is 2.96. The normalized spacial score (nSPS) is 16.3. The zero-order chi connectivity index (χ0) is 15.4. The number of methoxy groups -OCH3 is 1. The average Bonchev–Trinajstić information content (AvgIpc) is 2.59. The number of nitriles is 1. The Kier molecular flexibility index (Phi) is 4.27. The Balaban J connectivity index is 1.64. The van der Waals surface area contributed by atoms with Crippen LogP contribution in [0, 0.1) is 11.3 Å². The van der Waals surface area contributed by atoms with Crippen LogP contribution in [0.25, 0.3) is 0 Å². The van der Waals surface area contributed by atoms with Crippen LogP contribution < -0.4 is 14.8 Å². The minimum Gasteiger partial charge on any atom is -0.493 e. The highest BCUT2D eigenvalue weighted by Crippen LogP contribution is 2.34. The van der Waals surface area contributed by atoms with Crippen LogP contribution in [0.1, 0.15) is 16.7 Å². The van der Waals surface area contributed by atoms with Crippen molar-refractivity contribution < 1.29 is 9.47 Å². The summed E-state index contributed by atoms with van der Waals surface area (Å²) >= 11 is 0. The van der Waals surface area contributed by atoms with E-state index < -0.39 is 0 Å². The maximum absolute atomic E-state index is 8.94. The standard InChI is InChI=1S/C18H18N2O2/c1-21-17-7-3-6-15-9-16(12-22-18(15)17)20-11-14-5-2-4-13(8-14)10-19/h2-8,16,20H,9,11-12H2,1H3. The topological polar surface area (TPSA) is 54.3 Å². The maximum Gasteiger partial charge on any atom is 0.164 e. The summed E-state index contributed by atoms with van der Waals surface area (Å²) in [6.07, 6.45) is 0.907. The molecule has 0 saturated heterocycles. The van der Waals surface area contributed by atoms with E-state index in [4.69, 9.17) is 14.7 Å². The molecule has 0 spiro atoms. The summed E-state index contributed by atoms with van der Waals surface area (Å²) in [4.78, 5) is 0. The molecule has 1 atom stereocenters. The minimum absolute atomic E-state index is 0.255. The van der Waals surface area contributed by atoms with E-state index in [0.717, 1.165) is 35.6 Å². The lowest BCUT2D eigenvalue weighted by Gasteiger charge is -2.27. The van der Waals surface area contributed by atoms with Crippen molar-refractivity contribution in [2.24, 2.45) is 0 Å². The Morgan fingerprint density at radius 1 is 1.32 bits per heavy atom. The third-order valence-corrected chi connectivity index (χ3v) is 3.83. The van der Waals surface area contributed by atoms with E-state index in [0.29, 0.717) is 12.2 Å². The first-order valence-electron chi connectivity index (χ1n) is 7.31. The van der Waals surface area contributed by atoms with Gasteiger partial charge < -0.3 is 14.8 Å². The maximum atomic E-state index is 8.94. The number of benzene rings is 2. The molecule has 1 heterocycles. The molecule has 0 radical (unpaired) electrons. The Bertz CT molecular complexity index is 706. The molecule has 2 aromatic rings. The number of fused-ring (bicyclic) bond motifs is 1. The van der Waals surface area contributed by atoms with Crippen molar-refractivity contribution in [2.75, 3.05) is 13.7 Å². The van der Waals surface area contributed by atoms with Gasteiger partial charge in [-0.2, -0.15) is 5.26 Å². The quantitative estimate of drug-likeness (QED) is 0.942. The summed E-state index contributed by atoms with van der Waals surface area (Å²) in [6, 6.07) is 16.1. The van der Waals surface area contributed by atoms with Crippen LogP contribution >= 0.6 is 0 Å². The number of nitrogens with one attached hydrogen (secondary N) is 1. The highest BCUT2D eigenvalue weighted by molar-refractivity contribution is 5.48. The van der Waals surface area contributed by atoms with Crippen molar-refractivity contribution in [2.45, 2.75) is 19.0 Å². The molecule has 4 heteroatoms. The molecule has 1 N–H and O–H groups in total. The molecule has 3 rings (SSSR count). The molecule has 1 aliphatic rings. The molecule has 0 saturated carbocycles. The van der Waals surface area contributed by atoms with E-state index in [1.807, 2.05) is 36.4 Å². The predicted octanol–water partition coefficient (Wildman–Crippen LogP) is 2.66. The highest BCUT2D eigenvalue weighted by atomic mass is 16.5. The zero-order valence-corrected chi connectivity index (χ0v) is 12.5. The molecule has 0 amide bonds. The lowest BCUT2D eigenvalue weighted by Crippen LogP contribution is -2.38. The molecule has 4 nitrogen and oxygen atoms in total. The monoisotopic (exact) mass is 294 g/mol. The summed E-state index contributed by atoms with van der Waals surface area (Å²) in [6.45, 7) is 1.34. The van der Waals surface area contributed by atoms with Gasteiger partial charge in [-0.1, -0.05) is 24.3 Å². The largest absolute Gasteiger partial charge is 0.493 e. The molecule has 1 aliphatic heterocycles. The van der Waals surface area contributed by atoms with Crippen LogP contribution in [-0.2, 0) is 13.0 Å². The van der Waals surface area contributed by atoms with E-state index in [-0.39, 0.29) is 6.04 Å². The number of para-hydroxylation sites is 1. The van der Waals surface area contributed by atoms with Crippen molar-refractivity contribution >= 4 is 0 Å². The van der Waals surface area contributed by atoms with E-state index >= 15 is 0 Å². The second-order valence-electron chi connectivity index (χ2n) is 5.35. The lowest BCUT2D eigenvalue weighted by molar-refractivity contribution is 0.226. The van der Waals surface area contributed by atoms with Gasteiger partial charge in [-0.3, -0.25) is 0 Å². The highest BCUT2D eigenvalue weighted by Gasteiger charge is 2.22. The fourth-order valence-electron chi connectivity index (χ4n) is 2.70. The first kappa shape index (κ1) is 14.4. The fraction of sp³-hybridized carbons (Fsp3) is 0.278. The predicted molar refractivity (Wildman–Crippen MR) is 84.0 cm³/mol. The number of rotatable bonds is 4. The first-order chi connectivity index (χ1) is 10.8. The Hall–Kier alpha value is -2.51. The van der Waals surface area contributed by atoms with Gasteiger partial charge in [-0.25, -0.2) is 0 Å². The summed E-state index contributed by atoms with van der Waals surface area (Å²) < 4.78 is 11.2. The molecule has 0 aliphatic carbocycles. The van der Waals surface area contributed by atoms with Crippen molar-refractivity contribution in [1.29, 1.82) is 5.26 Å². The van der Waals surface area contributed by atoms with E-state index in [1.54, 1.807) is 7.11 Å². The zero-order valence-electron chi connectivity index (χ0n) is 12.5. The third-order valence-electron chi connectivity index (χ3n) is 3.83. The average molecular weight is 294 g/mol. The van der Waals surface area contributed by atoms with Crippen molar-refractivity contribution in [3.8, 4) is 17.6 Å². The molecular weight excluding hydrogens is 276 g/mol. The Morgan fingerprint density at radius 2 is 2.18 bits per heavy atom. The van der Waals surface area contributed by atoms with Gasteiger partial charge in [0.05, 0.1) is 18.7 Å². The SMILES string of the molecule is COc1cccc2c1OCC(NCc1cccc(C#N)c1)C2. The van der Waals surface area contributed by atoms with Gasteiger partial charge in [-0.05, 0) is 35.7 Å². The van der Waals surface area contributed by atoms with Crippen molar-refractivity contribution in [3.63, 3.8) is 0 Å². The fourth-order valence-corrected chi connectivity index (χ4v) is 2.70. The molecule has 2 aromatic carbocycles. The van der Waals surface area contributed by atoms with Gasteiger partial charge >= 0.3 is 0 Å². The van der Waals surface area contributed by atoms with Gasteiger partial charge in [0.1, 0.15) is 6.61 Å². The molecule has 1 unspecified atom stereocenters. The van der Waals surface area contributed by atoms with Crippen LogP contribution in [0.2, 0.25) is 0 Å². The Labute approximate surface area is 130 Å². The van der Waals surface area contributed by atoms with E-state index in [9.17, 15) is 0 Å². The van der Waals surface area contributed by atoms with Crippen LogP contribution in [0.4, 0.5) is 0 Å². The first-order valence-corrected chi connectivity index (χ1v) is 7.31. The molecular formula is C18H18N2O2. The summed E-state index contributed by atoms with van der Waals surface area (Å²) in [5.74, 6) is 1.65. The number of hydrogen-bond donors (Lipinski definition) is 1. The van der Waals surface area contributed by atoms with Crippen LogP contribution in [0.5, 0.6) is 11.5 Å². The second kappa shape index (κ2) is 6.50. The van der Waals surface area contributed by atoms with Gasteiger partial charge in [0, 0.05) is 12.6 Å². The summed E-state index contributed by atoms with van der Waals surface area (Å²) in [7, 11) is 1.66. The van der Waals surface area contributed by atoms with Gasteiger partial charge in [0.2, 0.25) is 0 Å². The number of hydrogen-bond acceptors (Lipinski definition) is 4. The second-order valence-corrected chi connectivity index (χ2v) is 5.35. The molecule has 22 heavy (non-hydrogen) atoms. The van der Waals surface area contributed by atoms with Crippen LogP contribution in [0.3, 0.4) is 0 Å². The van der Waals surface area contributed by atoms with Crippen LogP contribution in [-0.4, -0.2) is 19.8 Å². The van der Waals surface area contributed by atoms with Gasteiger partial charge in [0.15, 0.2) is 11.5 Å². The molecule has 112 valence electrons. The van der Waals surface area contributed by atoms with E-state index in [2.05, 4.69) is 17.5 Å².